The second kappa shape index (κ2) is 5.25. The lowest BCUT2D eigenvalue weighted by molar-refractivity contribution is 0.230. The molecule has 5 nitrogen and oxygen atoms in total. The Kier molecular flexibility index (Phi) is 3.99. The summed E-state index contributed by atoms with van der Waals surface area (Å²) in [6, 6.07) is 5.01. The summed E-state index contributed by atoms with van der Waals surface area (Å²) in [6.07, 6.45) is 0. The molecule has 1 N–H and O–H groups in total. The maximum Gasteiger partial charge on any atom is 0.321 e. The van der Waals surface area contributed by atoms with Crippen LogP contribution in [0.15, 0.2) is 18.2 Å². The summed E-state index contributed by atoms with van der Waals surface area (Å²) in [5, 5.41) is 2.72. The van der Waals surface area contributed by atoms with Gasteiger partial charge in [0.15, 0.2) is 11.5 Å². The van der Waals surface area contributed by atoms with Crippen molar-refractivity contribution in [1.29, 1.82) is 0 Å². The largest absolute Gasteiger partial charge is 0.493 e. The SMILES string of the molecule is COc1ccc(NC(=O)N(C)C)cc1OC. The molecule has 2 amide bonds. The van der Waals surface area contributed by atoms with Gasteiger partial charge >= 0.3 is 6.03 Å². The molecule has 0 fully saturated rings. The molecule has 0 saturated heterocycles. The number of nitrogens with zero attached hydrogens (tertiary/aromatic N) is 1. The molecule has 0 spiro atoms. The summed E-state index contributed by atoms with van der Waals surface area (Å²) < 4.78 is 10.2. The van der Waals surface area contributed by atoms with Crippen molar-refractivity contribution >= 4 is 11.7 Å². The summed E-state index contributed by atoms with van der Waals surface area (Å²) in [7, 11) is 6.47. The van der Waals surface area contributed by atoms with Gasteiger partial charge in [-0.25, -0.2) is 4.79 Å². The molecule has 0 radical (unpaired) electrons. The van der Waals surface area contributed by atoms with Gasteiger partial charge in [-0.2, -0.15) is 0 Å². The third-order valence-corrected chi connectivity index (χ3v) is 2.04. The Morgan fingerprint density at radius 2 is 1.81 bits per heavy atom. The van der Waals surface area contributed by atoms with Crippen LogP contribution in [-0.2, 0) is 0 Å². The van der Waals surface area contributed by atoms with E-state index >= 15 is 0 Å². The van der Waals surface area contributed by atoms with Crippen LogP contribution in [0.5, 0.6) is 11.5 Å². The van der Waals surface area contributed by atoms with Crippen LogP contribution in [-0.4, -0.2) is 39.2 Å². The van der Waals surface area contributed by atoms with E-state index in [1.165, 1.54) is 4.90 Å². The van der Waals surface area contributed by atoms with Crippen LogP contribution < -0.4 is 14.8 Å². The summed E-state index contributed by atoms with van der Waals surface area (Å²) in [5.74, 6) is 1.21. The van der Waals surface area contributed by atoms with Gasteiger partial charge in [-0.05, 0) is 12.1 Å². The first-order chi connectivity index (χ1) is 7.58. The van der Waals surface area contributed by atoms with Crippen molar-refractivity contribution < 1.29 is 14.3 Å². The molecule has 0 aliphatic rings. The molecule has 88 valence electrons. The Labute approximate surface area is 95.0 Å². The lowest BCUT2D eigenvalue weighted by Crippen LogP contribution is -2.27. The number of nitrogens with one attached hydrogen (secondary N) is 1. The van der Waals surface area contributed by atoms with Crippen molar-refractivity contribution in [2.75, 3.05) is 33.6 Å². The van der Waals surface area contributed by atoms with E-state index in [4.69, 9.17) is 9.47 Å². The Hall–Kier alpha value is -1.91. The topological polar surface area (TPSA) is 50.8 Å². The van der Waals surface area contributed by atoms with Crippen LogP contribution in [0.2, 0.25) is 0 Å². The number of anilines is 1. The quantitative estimate of drug-likeness (QED) is 0.851. The van der Waals surface area contributed by atoms with Gasteiger partial charge in [-0.15, -0.1) is 0 Å². The number of ether oxygens (including phenoxy) is 2. The molecule has 5 heteroatoms. The molecule has 1 rings (SSSR count). The number of hydrogen-bond acceptors (Lipinski definition) is 3. The van der Waals surface area contributed by atoms with Gasteiger partial charge in [-0.1, -0.05) is 0 Å². The zero-order valence-electron chi connectivity index (χ0n) is 9.90. The molecule has 0 bridgehead atoms. The average molecular weight is 224 g/mol. The van der Waals surface area contributed by atoms with Crippen LogP contribution in [0.4, 0.5) is 10.5 Å². The molecule has 0 heterocycles. The lowest BCUT2D eigenvalue weighted by atomic mass is 10.3. The molecule has 1 aromatic carbocycles. The van der Waals surface area contributed by atoms with Gasteiger partial charge in [0.05, 0.1) is 14.2 Å². The van der Waals surface area contributed by atoms with E-state index in [0.717, 1.165) is 0 Å². The Morgan fingerprint density at radius 3 is 2.31 bits per heavy atom. The minimum atomic E-state index is -0.188. The molecule has 16 heavy (non-hydrogen) atoms. The molecular formula is C11H16N2O3. The van der Waals surface area contributed by atoms with Crippen molar-refractivity contribution in [3.63, 3.8) is 0 Å². The third kappa shape index (κ3) is 2.79. The maximum absolute atomic E-state index is 11.4. The number of benzene rings is 1. The van der Waals surface area contributed by atoms with Crippen molar-refractivity contribution in [2.24, 2.45) is 0 Å². The van der Waals surface area contributed by atoms with Crippen molar-refractivity contribution in [1.82, 2.24) is 4.90 Å². The predicted molar refractivity (Wildman–Crippen MR) is 62.3 cm³/mol. The highest BCUT2D eigenvalue weighted by atomic mass is 16.5. The maximum atomic E-state index is 11.4. The normalized spacial score (nSPS) is 9.50. The van der Waals surface area contributed by atoms with Crippen LogP contribution in [0.25, 0.3) is 0 Å². The number of amides is 2. The van der Waals surface area contributed by atoms with Gasteiger partial charge in [-0.3, -0.25) is 0 Å². The lowest BCUT2D eigenvalue weighted by Gasteiger charge is -2.13. The highest BCUT2D eigenvalue weighted by molar-refractivity contribution is 5.89. The third-order valence-electron chi connectivity index (χ3n) is 2.04. The van der Waals surface area contributed by atoms with Gasteiger partial charge in [0.25, 0.3) is 0 Å². The molecule has 0 atom stereocenters. The van der Waals surface area contributed by atoms with E-state index in [2.05, 4.69) is 5.32 Å². The summed E-state index contributed by atoms with van der Waals surface area (Å²) in [5.41, 5.74) is 0.663. The van der Waals surface area contributed by atoms with Crippen LogP contribution in [0.1, 0.15) is 0 Å². The first-order valence-electron chi connectivity index (χ1n) is 4.78. The highest BCUT2D eigenvalue weighted by Gasteiger charge is 2.07. The fraction of sp³-hybridized carbons (Fsp3) is 0.364. The molecule has 0 aliphatic heterocycles. The van der Waals surface area contributed by atoms with E-state index in [0.29, 0.717) is 17.2 Å². The van der Waals surface area contributed by atoms with Gasteiger partial charge < -0.3 is 19.7 Å². The van der Waals surface area contributed by atoms with Crippen LogP contribution in [0.3, 0.4) is 0 Å². The number of carbonyl (C=O) groups is 1. The molecule has 0 saturated carbocycles. The summed E-state index contributed by atoms with van der Waals surface area (Å²) in [6.45, 7) is 0. The number of carbonyl (C=O) groups excluding carboxylic acids is 1. The monoisotopic (exact) mass is 224 g/mol. The molecule has 1 aromatic rings. The van der Waals surface area contributed by atoms with Crippen molar-refractivity contribution in [2.45, 2.75) is 0 Å². The van der Waals surface area contributed by atoms with E-state index in [1.807, 2.05) is 0 Å². The molecular weight excluding hydrogens is 208 g/mol. The van der Waals surface area contributed by atoms with E-state index in [9.17, 15) is 4.79 Å². The van der Waals surface area contributed by atoms with E-state index in [1.54, 1.807) is 46.5 Å². The second-order valence-electron chi connectivity index (χ2n) is 3.39. The molecule has 0 unspecified atom stereocenters. The zero-order chi connectivity index (χ0) is 12.1. The standard InChI is InChI=1S/C11H16N2O3/c1-13(2)11(14)12-8-5-6-9(15-3)10(7-8)16-4/h5-7H,1-4H3,(H,12,14). The Morgan fingerprint density at radius 1 is 1.19 bits per heavy atom. The zero-order valence-corrected chi connectivity index (χ0v) is 9.90. The number of rotatable bonds is 3. The minimum Gasteiger partial charge on any atom is -0.493 e. The molecule has 0 aliphatic carbocycles. The second-order valence-corrected chi connectivity index (χ2v) is 3.39. The smallest absolute Gasteiger partial charge is 0.321 e. The first-order valence-corrected chi connectivity index (χ1v) is 4.78. The number of hydrogen-bond donors (Lipinski definition) is 1. The van der Waals surface area contributed by atoms with E-state index < -0.39 is 0 Å². The van der Waals surface area contributed by atoms with E-state index in [-0.39, 0.29) is 6.03 Å². The highest BCUT2D eigenvalue weighted by Crippen LogP contribution is 2.29. The van der Waals surface area contributed by atoms with Crippen LogP contribution in [0, 0.1) is 0 Å². The van der Waals surface area contributed by atoms with Crippen molar-refractivity contribution in [3.8, 4) is 11.5 Å². The number of methoxy groups -OCH3 is 2. The van der Waals surface area contributed by atoms with Crippen molar-refractivity contribution in [3.05, 3.63) is 18.2 Å². The average Bonchev–Trinajstić information content (AvgIpc) is 2.28. The van der Waals surface area contributed by atoms with Gasteiger partial charge in [0.1, 0.15) is 0 Å². The van der Waals surface area contributed by atoms with Gasteiger partial charge in [0.2, 0.25) is 0 Å². The molecule has 0 aromatic heterocycles. The minimum absolute atomic E-state index is 0.188. The number of urea groups is 1. The fourth-order valence-electron chi connectivity index (χ4n) is 1.15. The van der Waals surface area contributed by atoms with Crippen LogP contribution >= 0.6 is 0 Å². The first kappa shape index (κ1) is 12.2. The Balaban J connectivity index is 2.87. The fourth-order valence-corrected chi connectivity index (χ4v) is 1.15. The summed E-state index contributed by atoms with van der Waals surface area (Å²) in [4.78, 5) is 12.9. The Bertz CT molecular complexity index is 377. The predicted octanol–water partition coefficient (Wildman–Crippen LogP) is 1.80. The summed E-state index contributed by atoms with van der Waals surface area (Å²) >= 11 is 0. The van der Waals surface area contributed by atoms with Gasteiger partial charge in [0, 0.05) is 25.8 Å².